The monoisotopic (exact) mass is 350 g/mol. The second-order valence-electron chi connectivity index (χ2n) is 5.98. The van der Waals surface area contributed by atoms with Gasteiger partial charge in [0.25, 0.3) is 5.56 Å². The smallest absolute Gasteiger partial charge is 0.268 e. The molecule has 0 aliphatic carbocycles. The molecule has 0 saturated heterocycles. The standard InChI is InChI=1S/C19H15ClN4O/c1-12-3-4-13(2)17(9-12)23-11-21-18-16(19(23)25)10-22-24(18)15-7-5-14(20)6-8-15/h3-11H,1-2H3. The minimum absolute atomic E-state index is 0.140. The van der Waals surface area contributed by atoms with Crippen molar-refractivity contribution in [1.29, 1.82) is 0 Å². The molecule has 0 aliphatic rings. The van der Waals surface area contributed by atoms with Crippen molar-refractivity contribution < 1.29 is 0 Å². The van der Waals surface area contributed by atoms with E-state index in [9.17, 15) is 4.79 Å². The Labute approximate surface area is 149 Å². The summed E-state index contributed by atoms with van der Waals surface area (Å²) in [6, 6.07) is 13.2. The molecule has 25 heavy (non-hydrogen) atoms. The second kappa shape index (κ2) is 5.86. The Hall–Kier alpha value is -2.92. The van der Waals surface area contributed by atoms with E-state index >= 15 is 0 Å². The molecule has 0 saturated carbocycles. The Balaban J connectivity index is 1.92. The topological polar surface area (TPSA) is 52.7 Å². The fraction of sp³-hybridized carbons (Fsp3) is 0.105. The lowest BCUT2D eigenvalue weighted by atomic mass is 10.1. The molecule has 4 rings (SSSR count). The number of hydrogen-bond donors (Lipinski definition) is 0. The van der Waals surface area contributed by atoms with Crippen LogP contribution in [0.3, 0.4) is 0 Å². The van der Waals surface area contributed by atoms with E-state index in [0.717, 1.165) is 22.5 Å². The highest BCUT2D eigenvalue weighted by molar-refractivity contribution is 6.30. The summed E-state index contributed by atoms with van der Waals surface area (Å²) >= 11 is 5.93. The van der Waals surface area contributed by atoms with Gasteiger partial charge in [-0.3, -0.25) is 9.36 Å². The van der Waals surface area contributed by atoms with Crippen LogP contribution in [0.1, 0.15) is 11.1 Å². The first-order valence-electron chi connectivity index (χ1n) is 7.83. The van der Waals surface area contributed by atoms with Gasteiger partial charge in [-0.1, -0.05) is 23.7 Å². The largest absolute Gasteiger partial charge is 0.269 e. The minimum Gasteiger partial charge on any atom is -0.268 e. The number of aryl methyl sites for hydroxylation is 2. The van der Waals surface area contributed by atoms with Crippen molar-refractivity contribution in [2.75, 3.05) is 0 Å². The van der Waals surface area contributed by atoms with E-state index in [2.05, 4.69) is 10.1 Å². The average Bonchev–Trinajstić information content (AvgIpc) is 3.03. The van der Waals surface area contributed by atoms with Gasteiger partial charge in [0, 0.05) is 5.02 Å². The van der Waals surface area contributed by atoms with E-state index in [1.807, 2.05) is 44.2 Å². The van der Waals surface area contributed by atoms with E-state index in [0.29, 0.717) is 16.1 Å². The van der Waals surface area contributed by atoms with Gasteiger partial charge in [0.1, 0.15) is 11.7 Å². The van der Waals surface area contributed by atoms with Crippen LogP contribution in [0.15, 0.2) is 59.8 Å². The van der Waals surface area contributed by atoms with Gasteiger partial charge in [-0.05, 0) is 55.3 Å². The van der Waals surface area contributed by atoms with Crippen molar-refractivity contribution in [3.63, 3.8) is 0 Å². The van der Waals surface area contributed by atoms with Gasteiger partial charge < -0.3 is 0 Å². The molecule has 0 radical (unpaired) electrons. The Morgan fingerprint density at radius 3 is 2.56 bits per heavy atom. The summed E-state index contributed by atoms with van der Waals surface area (Å²) in [7, 11) is 0. The maximum atomic E-state index is 12.9. The molecule has 0 unspecified atom stereocenters. The summed E-state index contributed by atoms with van der Waals surface area (Å²) in [6.45, 7) is 3.97. The van der Waals surface area contributed by atoms with Gasteiger partial charge in [-0.2, -0.15) is 5.10 Å². The molecule has 0 spiro atoms. The molecule has 0 N–H and O–H groups in total. The molecule has 124 valence electrons. The predicted molar refractivity (Wildman–Crippen MR) is 98.9 cm³/mol. The van der Waals surface area contributed by atoms with Crippen LogP contribution in [0.5, 0.6) is 0 Å². The number of aromatic nitrogens is 4. The quantitative estimate of drug-likeness (QED) is 0.552. The fourth-order valence-corrected chi connectivity index (χ4v) is 2.96. The van der Waals surface area contributed by atoms with Crippen molar-refractivity contribution >= 4 is 22.6 Å². The normalized spacial score (nSPS) is 11.2. The molecule has 0 aliphatic heterocycles. The van der Waals surface area contributed by atoms with Crippen LogP contribution in [0.4, 0.5) is 0 Å². The first-order valence-corrected chi connectivity index (χ1v) is 8.21. The van der Waals surface area contributed by atoms with Gasteiger partial charge in [-0.25, -0.2) is 9.67 Å². The first kappa shape index (κ1) is 15.6. The van der Waals surface area contributed by atoms with Crippen LogP contribution >= 0.6 is 11.6 Å². The predicted octanol–water partition coefficient (Wildman–Crippen LogP) is 3.84. The Bertz CT molecular complexity index is 1140. The number of hydrogen-bond acceptors (Lipinski definition) is 3. The van der Waals surface area contributed by atoms with Crippen LogP contribution in [0.2, 0.25) is 5.02 Å². The summed E-state index contributed by atoms with van der Waals surface area (Å²) in [6.07, 6.45) is 3.11. The molecule has 2 aromatic carbocycles. The molecule has 0 atom stereocenters. The molecule has 0 amide bonds. The van der Waals surface area contributed by atoms with Crippen molar-refractivity contribution in [2.24, 2.45) is 0 Å². The molecule has 5 nitrogen and oxygen atoms in total. The van der Waals surface area contributed by atoms with Crippen LogP contribution in [0.25, 0.3) is 22.4 Å². The number of halogens is 1. The van der Waals surface area contributed by atoms with Crippen molar-refractivity contribution in [2.45, 2.75) is 13.8 Å². The maximum absolute atomic E-state index is 12.9. The van der Waals surface area contributed by atoms with Gasteiger partial charge in [-0.15, -0.1) is 0 Å². The minimum atomic E-state index is -0.140. The van der Waals surface area contributed by atoms with Crippen LogP contribution in [0, 0.1) is 13.8 Å². The average molecular weight is 351 g/mol. The zero-order valence-electron chi connectivity index (χ0n) is 13.8. The Morgan fingerprint density at radius 2 is 1.80 bits per heavy atom. The molecule has 2 aromatic heterocycles. The van der Waals surface area contributed by atoms with Gasteiger partial charge in [0.05, 0.1) is 17.6 Å². The SMILES string of the molecule is Cc1ccc(C)c(-n2cnc3c(cnn3-c3ccc(Cl)cc3)c2=O)c1. The van der Waals surface area contributed by atoms with Crippen LogP contribution in [-0.2, 0) is 0 Å². The second-order valence-corrected chi connectivity index (χ2v) is 6.42. The summed E-state index contributed by atoms with van der Waals surface area (Å²) in [5, 5.41) is 5.44. The summed E-state index contributed by atoms with van der Waals surface area (Å²) in [5.74, 6) is 0. The summed E-state index contributed by atoms with van der Waals surface area (Å²) in [5.41, 5.74) is 4.12. The highest BCUT2D eigenvalue weighted by Gasteiger charge is 2.13. The number of benzene rings is 2. The van der Waals surface area contributed by atoms with Crippen LogP contribution in [-0.4, -0.2) is 19.3 Å². The zero-order chi connectivity index (χ0) is 17.6. The fourth-order valence-electron chi connectivity index (χ4n) is 2.83. The highest BCUT2D eigenvalue weighted by atomic mass is 35.5. The molecular formula is C19H15ClN4O. The van der Waals surface area contributed by atoms with E-state index in [4.69, 9.17) is 11.6 Å². The number of fused-ring (bicyclic) bond motifs is 1. The lowest BCUT2D eigenvalue weighted by molar-refractivity contribution is 0.884. The highest BCUT2D eigenvalue weighted by Crippen LogP contribution is 2.18. The lowest BCUT2D eigenvalue weighted by Gasteiger charge is -2.10. The third kappa shape index (κ3) is 2.62. The van der Waals surface area contributed by atoms with Crippen molar-refractivity contribution in [1.82, 2.24) is 19.3 Å². The van der Waals surface area contributed by atoms with Crippen molar-refractivity contribution in [3.05, 3.63) is 81.5 Å². The Kier molecular flexibility index (Phi) is 3.66. The van der Waals surface area contributed by atoms with E-state index in [1.54, 1.807) is 33.9 Å². The number of rotatable bonds is 2. The molecule has 4 aromatic rings. The molecule has 6 heteroatoms. The molecule has 0 bridgehead atoms. The van der Waals surface area contributed by atoms with Crippen LogP contribution < -0.4 is 5.56 Å². The summed E-state index contributed by atoms with van der Waals surface area (Å²) in [4.78, 5) is 17.4. The summed E-state index contributed by atoms with van der Waals surface area (Å²) < 4.78 is 3.21. The Morgan fingerprint density at radius 1 is 1.04 bits per heavy atom. The number of nitrogens with zero attached hydrogens (tertiary/aromatic N) is 4. The molecule has 2 heterocycles. The van der Waals surface area contributed by atoms with Gasteiger partial charge in [0.2, 0.25) is 0 Å². The van der Waals surface area contributed by atoms with Gasteiger partial charge in [0.15, 0.2) is 5.65 Å². The third-order valence-corrected chi connectivity index (χ3v) is 4.44. The van der Waals surface area contributed by atoms with E-state index in [1.165, 1.54) is 0 Å². The van der Waals surface area contributed by atoms with E-state index < -0.39 is 0 Å². The van der Waals surface area contributed by atoms with E-state index in [-0.39, 0.29) is 5.56 Å². The first-order chi connectivity index (χ1) is 12.0. The third-order valence-electron chi connectivity index (χ3n) is 4.18. The van der Waals surface area contributed by atoms with Crippen molar-refractivity contribution in [3.8, 4) is 11.4 Å². The molecular weight excluding hydrogens is 336 g/mol. The maximum Gasteiger partial charge on any atom is 0.269 e. The molecule has 0 fully saturated rings. The van der Waals surface area contributed by atoms with Gasteiger partial charge >= 0.3 is 0 Å². The zero-order valence-corrected chi connectivity index (χ0v) is 14.5. The lowest BCUT2D eigenvalue weighted by Crippen LogP contribution is -2.19.